The van der Waals surface area contributed by atoms with Gasteiger partial charge in [-0.2, -0.15) is 4.98 Å². The van der Waals surface area contributed by atoms with E-state index in [0.29, 0.717) is 11.9 Å². The monoisotopic (exact) mass is 313 g/mol. The molecule has 1 saturated carbocycles. The fourth-order valence-electron chi connectivity index (χ4n) is 3.96. The first kappa shape index (κ1) is 14.6. The molecule has 4 rings (SSSR count). The van der Waals surface area contributed by atoms with Crippen LogP contribution in [0.4, 0.5) is 5.95 Å². The first-order chi connectivity index (χ1) is 11.2. The van der Waals surface area contributed by atoms with Crippen molar-refractivity contribution in [1.29, 1.82) is 0 Å². The molecule has 3 N–H and O–H groups in total. The number of hydrogen-bond acceptors (Lipinski definition) is 5. The average molecular weight is 313 g/mol. The number of hydrogen-bond donors (Lipinski definition) is 2. The van der Waals surface area contributed by atoms with Gasteiger partial charge in [-0.15, -0.1) is 0 Å². The lowest BCUT2D eigenvalue weighted by atomic mass is 10.0. The third kappa shape index (κ3) is 2.72. The molecule has 0 unspecified atom stereocenters. The van der Waals surface area contributed by atoms with E-state index in [0.717, 1.165) is 29.7 Å². The molecule has 0 bridgehead atoms. The maximum absolute atomic E-state index is 9.32. The highest BCUT2D eigenvalue weighted by atomic mass is 16.3. The Bertz CT molecular complexity index is 732. The van der Waals surface area contributed by atoms with Crippen molar-refractivity contribution in [3.8, 4) is 0 Å². The second-order valence-electron chi connectivity index (χ2n) is 6.84. The van der Waals surface area contributed by atoms with Crippen molar-refractivity contribution in [2.24, 2.45) is 11.8 Å². The lowest BCUT2D eigenvalue weighted by molar-refractivity contribution is 0.244. The van der Waals surface area contributed by atoms with Crippen LogP contribution in [0.25, 0.3) is 11.2 Å². The number of imidazole rings is 1. The van der Waals surface area contributed by atoms with Gasteiger partial charge < -0.3 is 15.4 Å². The predicted molar refractivity (Wildman–Crippen MR) is 88.8 cm³/mol. The average Bonchev–Trinajstić information content (AvgIpc) is 3.26. The minimum absolute atomic E-state index is 0.184. The van der Waals surface area contributed by atoms with Crippen molar-refractivity contribution in [1.82, 2.24) is 19.5 Å². The van der Waals surface area contributed by atoms with E-state index in [2.05, 4.69) is 31.7 Å². The van der Waals surface area contributed by atoms with Crippen molar-refractivity contribution in [3.05, 3.63) is 24.2 Å². The zero-order valence-corrected chi connectivity index (χ0v) is 13.2. The van der Waals surface area contributed by atoms with Crippen molar-refractivity contribution in [2.75, 3.05) is 12.3 Å². The van der Waals surface area contributed by atoms with Crippen LogP contribution in [0.2, 0.25) is 0 Å². The van der Waals surface area contributed by atoms with Crippen LogP contribution in [0.3, 0.4) is 0 Å². The van der Waals surface area contributed by atoms with Crippen molar-refractivity contribution < 1.29 is 5.11 Å². The van der Waals surface area contributed by atoms with Gasteiger partial charge in [0.05, 0.1) is 18.1 Å². The molecule has 6 heteroatoms. The molecule has 1 fully saturated rings. The Hall–Kier alpha value is -1.95. The summed E-state index contributed by atoms with van der Waals surface area (Å²) in [5.74, 6) is 1.24. The van der Waals surface area contributed by atoms with Crippen LogP contribution in [0.1, 0.15) is 43.8 Å². The minimum atomic E-state index is 0.184. The summed E-state index contributed by atoms with van der Waals surface area (Å²) in [6.45, 7) is 0.184. The lowest BCUT2D eigenvalue weighted by Gasteiger charge is -2.13. The molecule has 2 atom stereocenters. The zero-order valence-electron chi connectivity index (χ0n) is 13.2. The highest BCUT2D eigenvalue weighted by Crippen LogP contribution is 2.32. The molecule has 0 amide bonds. The Balaban J connectivity index is 1.68. The van der Waals surface area contributed by atoms with Gasteiger partial charge in [0, 0.05) is 12.5 Å². The Morgan fingerprint density at radius 2 is 2.04 bits per heavy atom. The molecule has 23 heavy (non-hydrogen) atoms. The molecule has 2 aromatic rings. The first-order valence-electron chi connectivity index (χ1n) is 8.52. The number of nitrogens with zero attached hydrogens (tertiary/aromatic N) is 4. The summed E-state index contributed by atoms with van der Waals surface area (Å²) < 4.78 is 2.07. The standard InChI is InChI=1S/C17H23N5O/c18-17-20-14(8-11-3-1-2-4-11)15-16(21-17)22(10-19-15)13-6-5-12(7-13)9-23/h5-6,10-13,23H,1-4,7-9H2,(H2,18,20,21)/t12-,13+/m1/s1. The van der Waals surface area contributed by atoms with Crippen LogP contribution in [0.15, 0.2) is 18.5 Å². The van der Waals surface area contributed by atoms with Gasteiger partial charge >= 0.3 is 0 Å². The maximum atomic E-state index is 9.32. The third-order valence-electron chi connectivity index (χ3n) is 5.21. The van der Waals surface area contributed by atoms with Crippen LogP contribution >= 0.6 is 0 Å². The van der Waals surface area contributed by atoms with Gasteiger partial charge in [-0.05, 0) is 18.8 Å². The second kappa shape index (κ2) is 5.92. The lowest BCUT2D eigenvalue weighted by Crippen LogP contribution is -2.10. The van der Waals surface area contributed by atoms with Gasteiger partial charge in [0.15, 0.2) is 5.65 Å². The minimum Gasteiger partial charge on any atom is -0.396 e. The third-order valence-corrected chi connectivity index (χ3v) is 5.21. The number of nitrogen functional groups attached to an aromatic ring is 1. The fourth-order valence-corrected chi connectivity index (χ4v) is 3.96. The van der Waals surface area contributed by atoms with E-state index in [1.54, 1.807) is 0 Å². The Morgan fingerprint density at radius 3 is 2.78 bits per heavy atom. The van der Waals surface area contributed by atoms with E-state index < -0.39 is 0 Å². The summed E-state index contributed by atoms with van der Waals surface area (Å²) in [7, 11) is 0. The zero-order chi connectivity index (χ0) is 15.8. The van der Waals surface area contributed by atoms with E-state index in [4.69, 9.17) is 5.73 Å². The van der Waals surface area contributed by atoms with Gasteiger partial charge in [-0.1, -0.05) is 37.8 Å². The van der Waals surface area contributed by atoms with Crippen LogP contribution in [0.5, 0.6) is 0 Å². The SMILES string of the molecule is Nc1nc(CC2CCCC2)c2ncn([C@H]3C=C[C@@H](CO)C3)c2n1. The smallest absolute Gasteiger partial charge is 0.222 e. The van der Waals surface area contributed by atoms with Gasteiger partial charge in [-0.3, -0.25) is 0 Å². The normalized spacial score (nSPS) is 24.9. The maximum Gasteiger partial charge on any atom is 0.222 e. The summed E-state index contributed by atoms with van der Waals surface area (Å²) in [5, 5.41) is 9.32. The van der Waals surface area contributed by atoms with E-state index in [1.165, 1.54) is 25.7 Å². The van der Waals surface area contributed by atoms with Crippen molar-refractivity contribution in [3.63, 3.8) is 0 Å². The van der Waals surface area contributed by atoms with Crippen LogP contribution in [-0.2, 0) is 6.42 Å². The summed E-state index contributed by atoms with van der Waals surface area (Å²) in [6, 6.07) is 0.186. The summed E-state index contributed by atoms with van der Waals surface area (Å²) in [4.78, 5) is 13.5. The quantitative estimate of drug-likeness (QED) is 0.845. The van der Waals surface area contributed by atoms with Gasteiger partial charge in [0.25, 0.3) is 0 Å². The van der Waals surface area contributed by atoms with Gasteiger partial charge in [0.1, 0.15) is 5.52 Å². The molecule has 2 heterocycles. The Kier molecular flexibility index (Phi) is 3.77. The highest BCUT2D eigenvalue weighted by molar-refractivity contribution is 5.75. The number of fused-ring (bicyclic) bond motifs is 1. The van der Waals surface area contributed by atoms with Gasteiger partial charge in [0.2, 0.25) is 5.95 Å². The van der Waals surface area contributed by atoms with Crippen molar-refractivity contribution in [2.45, 2.75) is 44.6 Å². The van der Waals surface area contributed by atoms with Crippen LogP contribution in [0, 0.1) is 11.8 Å². The largest absolute Gasteiger partial charge is 0.396 e. The number of anilines is 1. The number of nitrogens with two attached hydrogens (primary N) is 1. The molecule has 0 aromatic carbocycles. The molecule has 2 aliphatic rings. The number of aliphatic hydroxyl groups excluding tert-OH is 1. The van der Waals surface area contributed by atoms with Crippen molar-refractivity contribution >= 4 is 17.1 Å². The molecule has 0 radical (unpaired) electrons. The van der Waals surface area contributed by atoms with Gasteiger partial charge in [-0.25, -0.2) is 9.97 Å². The Morgan fingerprint density at radius 1 is 1.22 bits per heavy atom. The molecular formula is C17H23N5O. The summed E-state index contributed by atoms with van der Waals surface area (Å²) in [6.07, 6.45) is 13.0. The molecule has 2 aliphatic carbocycles. The second-order valence-corrected chi connectivity index (χ2v) is 6.84. The molecule has 0 saturated heterocycles. The predicted octanol–water partition coefficient (Wildman–Crippen LogP) is 2.25. The van der Waals surface area contributed by atoms with Crippen LogP contribution in [-0.4, -0.2) is 31.2 Å². The Labute approximate surface area is 135 Å². The summed E-state index contributed by atoms with van der Waals surface area (Å²) >= 11 is 0. The number of aliphatic hydroxyl groups is 1. The molecule has 2 aromatic heterocycles. The number of aromatic nitrogens is 4. The molecule has 6 nitrogen and oxygen atoms in total. The molecular weight excluding hydrogens is 290 g/mol. The first-order valence-corrected chi connectivity index (χ1v) is 8.52. The van der Waals surface area contributed by atoms with E-state index in [-0.39, 0.29) is 18.6 Å². The number of rotatable bonds is 4. The molecule has 0 aliphatic heterocycles. The molecule has 122 valence electrons. The van der Waals surface area contributed by atoms with E-state index in [1.807, 2.05) is 6.33 Å². The topological polar surface area (TPSA) is 89.8 Å². The van der Waals surface area contributed by atoms with E-state index >= 15 is 0 Å². The number of allylic oxidation sites excluding steroid dienone is 1. The molecule has 0 spiro atoms. The van der Waals surface area contributed by atoms with Crippen LogP contribution < -0.4 is 5.73 Å². The fraction of sp³-hybridized carbons (Fsp3) is 0.588. The highest BCUT2D eigenvalue weighted by Gasteiger charge is 2.24. The summed E-state index contributed by atoms with van der Waals surface area (Å²) in [5.41, 5.74) is 8.64. The van der Waals surface area contributed by atoms with E-state index in [9.17, 15) is 5.11 Å².